The lowest BCUT2D eigenvalue weighted by molar-refractivity contribution is -0.110. The number of ketones is 1. The highest BCUT2D eigenvalue weighted by Crippen LogP contribution is 2.39. The molecule has 0 bridgehead atoms. The van der Waals surface area contributed by atoms with Crippen molar-refractivity contribution >= 4 is 34.3 Å². The number of rotatable bonds is 6. The number of nitrogens with two attached hydrogens (primary N) is 1. The molecule has 1 amide bonds. The fourth-order valence-electron chi connectivity index (χ4n) is 3.82. The molecule has 3 aromatic rings. The van der Waals surface area contributed by atoms with Gasteiger partial charge in [0.1, 0.15) is 5.75 Å². The highest BCUT2D eigenvalue weighted by Gasteiger charge is 2.29. The van der Waals surface area contributed by atoms with Crippen LogP contribution in [0.2, 0.25) is 0 Å². The Hall–Kier alpha value is -3.90. The summed E-state index contributed by atoms with van der Waals surface area (Å²) in [5, 5.41) is 6.34. The SMILES string of the molecule is COc1cccc(/C(Nc2ccc(C(C)(C)N)cc2)=C2\C(=O)Nc3ccc(C(C)=O)cc32)c1. The highest BCUT2D eigenvalue weighted by atomic mass is 16.5. The molecule has 1 heterocycles. The van der Waals surface area contributed by atoms with Crippen molar-refractivity contribution in [3.63, 3.8) is 0 Å². The molecule has 0 aromatic heterocycles. The Morgan fingerprint density at radius 1 is 1.00 bits per heavy atom. The maximum atomic E-state index is 13.1. The molecule has 0 spiro atoms. The van der Waals surface area contributed by atoms with Crippen molar-refractivity contribution in [3.05, 3.63) is 89.0 Å². The zero-order valence-corrected chi connectivity index (χ0v) is 19.2. The highest BCUT2D eigenvalue weighted by molar-refractivity contribution is 6.37. The number of carbonyl (C=O) groups excluding carboxylic acids is 2. The van der Waals surface area contributed by atoms with Crippen molar-refractivity contribution in [3.8, 4) is 5.75 Å². The van der Waals surface area contributed by atoms with E-state index >= 15 is 0 Å². The normalized spacial score (nSPS) is 14.4. The molecule has 33 heavy (non-hydrogen) atoms. The Bertz CT molecular complexity index is 1270. The predicted molar refractivity (Wildman–Crippen MR) is 132 cm³/mol. The molecule has 0 atom stereocenters. The third kappa shape index (κ3) is 4.52. The van der Waals surface area contributed by atoms with E-state index in [9.17, 15) is 9.59 Å². The van der Waals surface area contributed by atoms with Crippen LogP contribution in [0.15, 0.2) is 66.7 Å². The van der Waals surface area contributed by atoms with Crippen molar-refractivity contribution < 1.29 is 14.3 Å². The molecule has 1 aliphatic heterocycles. The number of nitrogens with one attached hydrogen (secondary N) is 2. The second kappa shape index (κ2) is 8.56. The van der Waals surface area contributed by atoms with Crippen LogP contribution in [-0.2, 0) is 10.3 Å². The van der Waals surface area contributed by atoms with E-state index in [0.717, 1.165) is 16.8 Å². The first-order valence-corrected chi connectivity index (χ1v) is 10.7. The van der Waals surface area contributed by atoms with Gasteiger partial charge in [0, 0.05) is 33.6 Å². The summed E-state index contributed by atoms with van der Waals surface area (Å²) in [5.74, 6) is 0.367. The first kappa shape index (κ1) is 22.3. The first-order chi connectivity index (χ1) is 15.7. The minimum absolute atomic E-state index is 0.0626. The molecule has 3 aromatic carbocycles. The Kier molecular flexibility index (Phi) is 5.78. The average Bonchev–Trinajstić information content (AvgIpc) is 3.12. The van der Waals surface area contributed by atoms with E-state index in [1.54, 1.807) is 25.3 Å². The van der Waals surface area contributed by atoms with Gasteiger partial charge in [0.25, 0.3) is 5.91 Å². The summed E-state index contributed by atoms with van der Waals surface area (Å²) in [7, 11) is 1.60. The lowest BCUT2D eigenvalue weighted by atomic mass is 9.95. The van der Waals surface area contributed by atoms with Crippen LogP contribution in [0.4, 0.5) is 11.4 Å². The molecule has 4 N–H and O–H groups in total. The molecule has 6 heteroatoms. The topological polar surface area (TPSA) is 93.4 Å². The van der Waals surface area contributed by atoms with Crippen LogP contribution in [0.25, 0.3) is 11.3 Å². The summed E-state index contributed by atoms with van der Waals surface area (Å²) in [6, 6.07) is 20.5. The van der Waals surface area contributed by atoms with Crippen LogP contribution in [-0.4, -0.2) is 18.8 Å². The summed E-state index contributed by atoms with van der Waals surface area (Å²) in [6.07, 6.45) is 0. The van der Waals surface area contributed by atoms with E-state index in [0.29, 0.717) is 33.8 Å². The molecule has 0 radical (unpaired) electrons. The summed E-state index contributed by atoms with van der Waals surface area (Å²) < 4.78 is 5.41. The first-order valence-electron chi connectivity index (χ1n) is 10.7. The summed E-state index contributed by atoms with van der Waals surface area (Å²) in [5.41, 5.74) is 11.3. The molecular weight excluding hydrogens is 414 g/mol. The summed E-state index contributed by atoms with van der Waals surface area (Å²) >= 11 is 0. The largest absolute Gasteiger partial charge is 0.497 e. The standard InChI is InChI=1S/C27H27N3O3/c1-16(31)17-8-13-23-22(15-17)24(26(32)30-23)25(18-6-5-7-21(14-18)33-4)29-20-11-9-19(10-12-20)27(2,3)28/h5-15,29H,28H2,1-4H3,(H,30,32)/b25-24+. The second-order valence-corrected chi connectivity index (χ2v) is 8.68. The third-order valence-electron chi connectivity index (χ3n) is 5.68. The molecule has 6 nitrogen and oxygen atoms in total. The van der Waals surface area contributed by atoms with Crippen LogP contribution in [0.3, 0.4) is 0 Å². The number of hydrogen-bond acceptors (Lipinski definition) is 5. The average molecular weight is 442 g/mol. The van der Waals surface area contributed by atoms with Gasteiger partial charge >= 0.3 is 0 Å². The molecule has 168 valence electrons. The number of anilines is 2. The van der Waals surface area contributed by atoms with Gasteiger partial charge in [-0.25, -0.2) is 0 Å². The summed E-state index contributed by atoms with van der Waals surface area (Å²) in [6.45, 7) is 5.41. The minimum atomic E-state index is -0.458. The van der Waals surface area contributed by atoms with Gasteiger partial charge in [-0.3, -0.25) is 9.59 Å². The Morgan fingerprint density at radius 2 is 1.73 bits per heavy atom. The predicted octanol–water partition coefficient (Wildman–Crippen LogP) is 5.02. The maximum Gasteiger partial charge on any atom is 0.258 e. The molecule has 0 saturated carbocycles. The molecular formula is C27H27N3O3. The number of carbonyl (C=O) groups is 2. The van der Waals surface area contributed by atoms with Crippen molar-refractivity contribution in [1.82, 2.24) is 0 Å². The number of fused-ring (bicyclic) bond motifs is 1. The number of methoxy groups -OCH3 is 1. The molecule has 0 saturated heterocycles. The van der Waals surface area contributed by atoms with E-state index in [1.807, 2.05) is 62.4 Å². The molecule has 1 aliphatic rings. The minimum Gasteiger partial charge on any atom is -0.497 e. The molecule has 0 unspecified atom stereocenters. The van der Waals surface area contributed by atoms with Crippen molar-refractivity contribution in [2.45, 2.75) is 26.3 Å². The van der Waals surface area contributed by atoms with Crippen LogP contribution in [0.5, 0.6) is 5.75 Å². The van der Waals surface area contributed by atoms with E-state index in [-0.39, 0.29) is 11.7 Å². The smallest absolute Gasteiger partial charge is 0.258 e. The van der Waals surface area contributed by atoms with Gasteiger partial charge in [-0.1, -0.05) is 24.3 Å². The van der Waals surface area contributed by atoms with Crippen LogP contribution >= 0.6 is 0 Å². The zero-order chi connectivity index (χ0) is 23.8. The molecule has 4 rings (SSSR count). The van der Waals surface area contributed by atoms with Crippen molar-refractivity contribution in [1.29, 1.82) is 0 Å². The number of amides is 1. The van der Waals surface area contributed by atoms with Gasteiger partial charge in [-0.05, 0) is 68.8 Å². The molecule has 0 aliphatic carbocycles. The third-order valence-corrected chi connectivity index (χ3v) is 5.68. The monoisotopic (exact) mass is 441 g/mol. The Morgan fingerprint density at radius 3 is 2.36 bits per heavy atom. The lowest BCUT2D eigenvalue weighted by Crippen LogP contribution is -2.28. The van der Waals surface area contributed by atoms with Gasteiger partial charge < -0.3 is 21.1 Å². The maximum absolute atomic E-state index is 13.1. The second-order valence-electron chi connectivity index (χ2n) is 8.68. The fraction of sp³-hybridized carbons (Fsp3) is 0.185. The van der Waals surface area contributed by atoms with E-state index < -0.39 is 5.54 Å². The van der Waals surface area contributed by atoms with E-state index in [4.69, 9.17) is 10.5 Å². The van der Waals surface area contributed by atoms with E-state index in [1.165, 1.54) is 6.92 Å². The van der Waals surface area contributed by atoms with Gasteiger partial charge in [0.2, 0.25) is 0 Å². The number of benzene rings is 3. The number of ether oxygens (including phenoxy) is 1. The fourth-order valence-corrected chi connectivity index (χ4v) is 3.82. The van der Waals surface area contributed by atoms with Gasteiger partial charge in [-0.15, -0.1) is 0 Å². The number of Topliss-reactive ketones (excluding diaryl/α,β-unsaturated/α-hetero) is 1. The van der Waals surface area contributed by atoms with E-state index in [2.05, 4.69) is 10.6 Å². The van der Waals surface area contributed by atoms with Crippen LogP contribution < -0.4 is 21.1 Å². The van der Waals surface area contributed by atoms with Gasteiger partial charge in [0.05, 0.1) is 18.4 Å². The van der Waals surface area contributed by atoms with Crippen molar-refractivity contribution in [2.24, 2.45) is 5.73 Å². The number of hydrogen-bond donors (Lipinski definition) is 3. The van der Waals surface area contributed by atoms with Crippen LogP contribution in [0, 0.1) is 0 Å². The molecule has 0 fully saturated rings. The van der Waals surface area contributed by atoms with Gasteiger partial charge in [0.15, 0.2) is 5.78 Å². The Labute approximate surface area is 193 Å². The lowest BCUT2D eigenvalue weighted by Gasteiger charge is -2.20. The van der Waals surface area contributed by atoms with Crippen molar-refractivity contribution in [2.75, 3.05) is 17.7 Å². The quantitative estimate of drug-likeness (QED) is 0.369. The Balaban J connectivity index is 1.89. The zero-order valence-electron chi connectivity index (χ0n) is 19.2. The summed E-state index contributed by atoms with van der Waals surface area (Å²) in [4.78, 5) is 25.1. The van der Waals surface area contributed by atoms with Gasteiger partial charge in [-0.2, -0.15) is 0 Å². The van der Waals surface area contributed by atoms with Crippen LogP contribution in [0.1, 0.15) is 47.8 Å².